The van der Waals surface area contributed by atoms with Crippen LogP contribution >= 0.6 is 0 Å². The van der Waals surface area contributed by atoms with Crippen molar-refractivity contribution in [3.8, 4) is 0 Å². The van der Waals surface area contributed by atoms with Gasteiger partial charge in [-0.3, -0.25) is 9.48 Å². The van der Waals surface area contributed by atoms with Gasteiger partial charge in [0.05, 0.1) is 0 Å². The molecule has 2 atom stereocenters. The Labute approximate surface area is 114 Å². The van der Waals surface area contributed by atoms with Crippen LogP contribution in [0.25, 0.3) is 0 Å². The Morgan fingerprint density at radius 1 is 1.32 bits per heavy atom. The number of Topliss-reactive ketones (excluding diaryl/α,β-unsaturated/α-hetero) is 1. The number of carbonyl (C=O) groups excluding carboxylic acids is 1. The highest BCUT2D eigenvalue weighted by molar-refractivity contribution is 5.81. The van der Waals surface area contributed by atoms with Crippen LogP contribution in [0.4, 0.5) is 0 Å². The molecule has 3 rings (SSSR count). The molecule has 3 heterocycles. The van der Waals surface area contributed by atoms with Crippen molar-refractivity contribution in [1.29, 1.82) is 0 Å². The van der Waals surface area contributed by atoms with Crippen LogP contribution in [0, 0.1) is 5.92 Å². The molecule has 0 N–H and O–H groups in total. The third-order valence-corrected chi connectivity index (χ3v) is 5.10. The first kappa shape index (κ1) is 12.9. The number of fused-ring (bicyclic) bond motifs is 2. The molecule has 2 aliphatic heterocycles. The van der Waals surface area contributed by atoms with Crippen LogP contribution in [0.3, 0.4) is 0 Å². The zero-order chi connectivity index (χ0) is 13.4. The minimum atomic E-state index is 0.307. The standard InChI is InChI=1S/C15H23N3O/c1-17-13-3-4-14(17)10-11(9-13)15(19)6-5-12-7-8-16-18(12)2/h7-8,11,13-14H,3-6,9-10H2,1-2H3. The second-order valence-electron chi connectivity index (χ2n) is 6.13. The molecule has 2 aliphatic rings. The van der Waals surface area contributed by atoms with Gasteiger partial charge in [-0.2, -0.15) is 5.10 Å². The molecule has 0 radical (unpaired) electrons. The van der Waals surface area contributed by atoms with Gasteiger partial charge in [-0.25, -0.2) is 0 Å². The summed E-state index contributed by atoms with van der Waals surface area (Å²) in [6, 6.07) is 3.32. The van der Waals surface area contributed by atoms with Gasteiger partial charge in [-0.05, 0) is 45.2 Å². The normalized spacial score (nSPS) is 30.7. The lowest BCUT2D eigenvalue weighted by Crippen LogP contribution is -2.42. The van der Waals surface area contributed by atoms with E-state index < -0.39 is 0 Å². The fourth-order valence-corrected chi connectivity index (χ4v) is 3.78. The van der Waals surface area contributed by atoms with Gasteiger partial charge >= 0.3 is 0 Å². The van der Waals surface area contributed by atoms with Crippen molar-refractivity contribution in [3.05, 3.63) is 18.0 Å². The third kappa shape index (κ3) is 2.46. The lowest BCUT2D eigenvalue weighted by atomic mass is 9.86. The highest BCUT2D eigenvalue weighted by atomic mass is 16.1. The second kappa shape index (κ2) is 5.08. The van der Waals surface area contributed by atoms with Gasteiger partial charge in [-0.1, -0.05) is 0 Å². The lowest BCUT2D eigenvalue weighted by Gasteiger charge is -2.35. The van der Waals surface area contributed by atoms with Crippen LogP contribution in [-0.2, 0) is 18.3 Å². The van der Waals surface area contributed by atoms with Crippen molar-refractivity contribution in [1.82, 2.24) is 14.7 Å². The van der Waals surface area contributed by atoms with E-state index in [9.17, 15) is 4.79 Å². The summed E-state index contributed by atoms with van der Waals surface area (Å²) in [5.74, 6) is 0.771. The summed E-state index contributed by atoms with van der Waals surface area (Å²) in [7, 11) is 4.16. The highest BCUT2D eigenvalue weighted by Gasteiger charge is 2.40. The van der Waals surface area contributed by atoms with Crippen molar-refractivity contribution in [2.45, 2.75) is 50.6 Å². The summed E-state index contributed by atoms with van der Waals surface area (Å²) >= 11 is 0. The van der Waals surface area contributed by atoms with E-state index in [0.29, 0.717) is 30.2 Å². The molecular weight excluding hydrogens is 238 g/mol. The molecule has 2 unspecified atom stereocenters. The highest BCUT2D eigenvalue weighted by Crippen LogP contribution is 2.38. The molecule has 2 bridgehead atoms. The predicted molar refractivity (Wildman–Crippen MR) is 73.8 cm³/mol. The van der Waals surface area contributed by atoms with Crippen LogP contribution in [-0.4, -0.2) is 39.6 Å². The van der Waals surface area contributed by atoms with Crippen LogP contribution in [0.15, 0.2) is 12.3 Å². The Hall–Kier alpha value is -1.16. The molecule has 0 aromatic carbocycles. The summed E-state index contributed by atoms with van der Waals surface area (Å²) < 4.78 is 1.87. The van der Waals surface area contributed by atoms with E-state index in [1.807, 2.05) is 17.8 Å². The number of rotatable bonds is 4. The zero-order valence-corrected chi connectivity index (χ0v) is 11.9. The molecule has 19 heavy (non-hydrogen) atoms. The largest absolute Gasteiger partial charge is 0.300 e. The molecule has 0 amide bonds. The number of aryl methyl sites for hydroxylation is 2. The molecule has 0 spiro atoms. The Morgan fingerprint density at radius 2 is 2.00 bits per heavy atom. The minimum Gasteiger partial charge on any atom is -0.300 e. The van der Waals surface area contributed by atoms with Crippen molar-refractivity contribution < 1.29 is 4.79 Å². The quantitative estimate of drug-likeness (QED) is 0.829. The topological polar surface area (TPSA) is 38.1 Å². The zero-order valence-electron chi connectivity index (χ0n) is 11.9. The first-order valence-corrected chi connectivity index (χ1v) is 7.36. The number of nitrogens with zero attached hydrogens (tertiary/aromatic N) is 3. The minimum absolute atomic E-state index is 0.307. The van der Waals surface area contributed by atoms with Crippen LogP contribution in [0.2, 0.25) is 0 Å². The predicted octanol–water partition coefficient (Wildman–Crippen LogP) is 1.79. The van der Waals surface area contributed by atoms with E-state index in [-0.39, 0.29) is 0 Å². The fourth-order valence-electron chi connectivity index (χ4n) is 3.78. The number of carbonyl (C=O) groups is 1. The van der Waals surface area contributed by atoms with E-state index in [4.69, 9.17) is 0 Å². The maximum atomic E-state index is 12.4. The maximum absolute atomic E-state index is 12.4. The first-order valence-electron chi connectivity index (χ1n) is 7.36. The summed E-state index contributed by atoms with van der Waals surface area (Å²) in [5, 5.41) is 4.15. The summed E-state index contributed by atoms with van der Waals surface area (Å²) in [6.07, 6.45) is 8.04. The van der Waals surface area contributed by atoms with Gasteiger partial charge in [0.2, 0.25) is 0 Å². The summed E-state index contributed by atoms with van der Waals surface area (Å²) in [4.78, 5) is 14.9. The van der Waals surface area contributed by atoms with E-state index in [0.717, 1.165) is 25.0 Å². The summed E-state index contributed by atoms with van der Waals surface area (Å²) in [5.41, 5.74) is 1.16. The van der Waals surface area contributed by atoms with Crippen molar-refractivity contribution in [3.63, 3.8) is 0 Å². The van der Waals surface area contributed by atoms with E-state index >= 15 is 0 Å². The Morgan fingerprint density at radius 3 is 2.58 bits per heavy atom. The van der Waals surface area contributed by atoms with Gasteiger partial charge < -0.3 is 4.90 Å². The molecular formula is C15H23N3O. The van der Waals surface area contributed by atoms with E-state index in [1.54, 1.807) is 6.20 Å². The van der Waals surface area contributed by atoms with Gasteiger partial charge in [-0.15, -0.1) is 0 Å². The SMILES string of the molecule is CN1C2CCC1CC(C(=O)CCc1ccnn1C)C2. The Bertz CT molecular complexity index is 454. The van der Waals surface area contributed by atoms with Crippen molar-refractivity contribution in [2.24, 2.45) is 13.0 Å². The van der Waals surface area contributed by atoms with Crippen molar-refractivity contribution >= 4 is 5.78 Å². The van der Waals surface area contributed by atoms with Gasteiger partial charge in [0.1, 0.15) is 5.78 Å². The molecule has 2 saturated heterocycles. The van der Waals surface area contributed by atoms with Crippen LogP contribution < -0.4 is 0 Å². The summed E-state index contributed by atoms with van der Waals surface area (Å²) in [6.45, 7) is 0. The van der Waals surface area contributed by atoms with E-state index in [1.165, 1.54) is 12.8 Å². The van der Waals surface area contributed by atoms with E-state index in [2.05, 4.69) is 17.0 Å². The number of hydrogen-bond acceptors (Lipinski definition) is 3. The molecule has 0 aliphatic carbocycles. The molecule has 0 saturated carbocycles. The van der Waals surface area contributed by atoms with Crippen molar-refractivity contribution in [2.75, 3.05) is 7.05 Å². The molecule has 2 fully saturated rings. The molecule has 1 aromatic heterocycles. The van der Waals surface area contributed by atoms with Gasteiger partial charge in [0.15, 0.2) is 0 Å². The number of hydrogen-bond donors (Lipinski definition) is 0. The number of ketones is 1. The average Bonchev–Trinajstić information content (AvgIpc) is 2.87. The van der Waals surface area contributed by atoms with Gasteiger partial charge in [0, 0.05) is 43.4 Å². The van der Waals surface area contributed by atoms with Crippen LogP contribution in [0.5, 0.6) is 0 Å². The number of aromatic nitrogens is 2. The molecule has 4 heteroatoms. The molecule has 4 nitrogen and oxygen atoms in total. The smallest absolute Gasteiger partial charge is 0.136 e. The number of piperidine rings is 1. The first-order chi connectivity index (χ1) is 9.15. The lowest BCUT2D eigenvalue weighted by molar-refractivity contribution is -0.125. The maximum Gasteiger partial charge on any atom is 0.136 e. The Kier molecular flexibility index (Phi) is 3.44. The fraction of sp³-hybridized carbons (Fsp3) is 0.733. The second-order valence-corrected chi connectivity index (χ2v) is 6.13. The average molecular weight is 261 g/mol. The molecule has 1 aromatic rings. The third-order valence-electron chi connectivity index (χ3n) is 5.10. The van der Waals surface area contributed by atoms with Gasteiger partial charge in [0.25, 0.3) is 0 Å². The van der Waals surface area contributed by atoms with Crippen LogP contribution in [0.1, 0.15) is 37.8 Å². The Balaban J connectivity index is 1.55. The molecule has 104 valence electrons. The monoisotopic (exact) mass is 261 g/mol.